The summed E-state index contributed by atoms with van der Waals surface area (Å²) in [5, 5.41) is 0. The third-order valence-corrected chi connectivity index (χ3v) is 1.86. The highest BCUT2D eigenvalue weighted by atomic mass is 19.2. The second kappa shape index (κ2) is 4.06. The molecule has 0 heterocycles. The molecule has 0 fully saturated rings. The van der Waals surface area contributed by atoms with E-state index in [-0.39, 0.29) is 17.8 Å². The summed E-state index contributed by atoms with van der Waals surface area (Å²) in [7, 11) is 0. The fourth-order valence-corrected chi connectivity index (χ4v) is 1.19. The van der Waals surface area contributed by atoms with Crippen molar-refractivity contribution in [1.82, 2.24) is 0 Å². The van der Waals surface area contributed by atoms with E-state index in [4.69, 9.17) is 5.73 Å². The van der Waals surface area contributed by atoms with Crippen molar-refractivity contribution in [2.45, 2.75) is 25.8 Å². The van der Waals surface area contributed by atoms with Gasteiger partial charge in [-0.2, -0.15) is 0 Å². The lowest BCUT2D eigenvalue weighted by atomic mass is 9.95. The van der Waals surface area contributed by atoms with Gasteiger partial charge < -0.3 is 5.73 Å². The SMILES string of the molecule is CC(C)(N)CC(=O)c1ccc(F)c(F)c1. The number of rotatable bonds is 3. The zero-order valence-corrected chi connectivity index (χ0v) is 8.68. The molecule has 1 aromatic rings. The van der Waals surface area contributed by atoms with Gasteiger partial charge in [-0.15, -0.1) is 0 Å². The minimum atomic E-state index is -1.02. The summed E-state index contributed by atoms with van der Waals surface area (Å²) in [5.74, 6) is -2.27. The van der Waals surface area contributed by atoms with Crippen molar-refractivity contribution in [3.05, 3.63) is 35.4 Å². The molecule has 15 heavy (non-hydrogen) atoms. The smallest absolute Gasteiger partial charge is 0.164 e. The molecule has 2 N–H and O–H groups in total. The lowest BCUT2D eigenvalue weighted by molar-refractivity contribution is 0.0960. The Bertz CT molecular complexity index is 383. The average Bonchev–Trinajstić information content (AvgIpc) is 2.06. The van der Waals surface area contributed by atoms with E-state index in [9.17, 15) is 13.6 Å². The number of Topliss-reactive ketones (excluding diaryl/α,β-unsaturated/α-hetero) is 1. The predicted molar refractivity (Wildman–Crippen MR) is 53.6 cm³/mol. The van der Waals surface area contributed by atoms with Crippen LogP contribution in [0, 0.1) is 11.6 Å². The van der Waals surface area contributed by atoms with Crippen molar-refractivity contribution in [3.63, 3.8) is 0 Å². The van der Waals surface area contributed by atoms with Gasteiger partial charge in [0.15, 0.2) is 17.4 Å². The Morgan fingerprint density at radius 1 is 1.33 bits per heavy atom. The molecule has 1 rings (SSSR count). The lowest BCUT2D eigenvalue weighted by Crippen LogP contribution is -2.34. The zero-order chi connectivity index (χ0) is 11.6. The highest BCUT2D eigenvalue weighted by molar-refractivity contribution is 5.96. The first-order valence-electron chi connectivity index (χ1n) is 4.57. The van der Waals surface area contributed by atoms with Gasteiger partial charge in [0, 0.05) is 17.5 Å². The predicted octanol–water partition coefficient (Wildman–Crippen LogP) is 2.27. The normalized spacial score (nSPS) is 11.5. The van der Waals surface area contributed by atoms with Gasteiger partial charge in [-0.1, -0.05) is 0 Å². The van der Waals surface area contributed by atoms with Crippen molar-refractivity contribution < 1.29 is 13.6 Å². The second-order valence-corrected chi connectivity index (χ2v) is 4.22. The number of hydrogen-bond donors (Lipinski definition) is 1. The highest BCUT2D eigenvalue weighted by Gasteiger charge is 2.18. The number of carbonyl (C=O) groups is 1. The van der Waals surface area contributed by atoms with E-state index in [0.29, 0.717) is 0 Å². The summed E-state index contributed by atoms with van der Waals surface area (Å²) in [6.07, 6.45) is 0.0953. The molecule has 0 atom stereocenters. The van der Waals surface area contributed by atoms with Crippen LogP contribution in [-0.2, 0) is 0 Å². The fourth-order valence-electron chi connectivity index (χ4n) is 1.19. The summed E-state index contributed by atoms with van der Waals surface area (Å²) in [4.78, 5) is 11.6. The van der Waals surface area contributed by atoms with Crippen LogP contribution in [-0.4, -0.2) is 11.3 Å². The van der Waals surface area contributed by atoms with E-state index in [1.807, 2.05) is 0 Å². The molecule has 0 unspecified atom stereocenters. The molecule has 0 spiro atoms. The number of benzene rings is 1. The van der Waals surface area contributed by atoms with Crippen molar-refractivity contribution in [3.8, 4) is 0 Å². The van der Waals surface area contributed by atoms with E-state index >= 15 is 0 Å². The Morgan fingerprint density at radius 2 is 1.93 bits per heavy atom. The van der Waals surface area contributed by atoms with Gasteiger partial charge in [-0.3, -0.25) is 4.79 Å². The largest absolute Gasteiger partial charge is 0.325 e. The molecule has 2 nitrogen and oxygen atoms in total. The van der Waals surface area contributed by atoms with Crippen LogP contribution in [0.1, 0.15) is 30.6 Å². The van der Waals surface area contributed by atoms with Crippen LogP contribution in [0.25, 0.3) is 0 Å². The minimum Gasteiger partial charge on any atom is -0.325 e. The standard InChI is InChI=1S/C11H13F2NO/c1-11(2,14)6-10(15)7-3-4-8(12)9(13)5-7/h3-5H,6,14H2,1-2H3. The van der Waals surface area contributed by atoms with E-state index in [0.717, 1.165) is 12.1 Å². The Kier molecular flexibility index (Phi) is 3.19. The quantitative estimate of drug-likeness (QED) is 0.783. The molecule has 0 aliphatic rings. The number of ketones is 1. The maximum Gasteiger partial charge on any atom is 0.164 e. The lowest BCUT2D eigenvalue weighted by Gasteiger charge is -2.16. The molecule has 0 radical (unpaired) electrons. The van der Waals surface area contributed by atoms with Crippen molar-refractivity contribution in [2.24, 2.45) is 5.73 Å². The van der Waals surface area contributed by atoms with E-state index < -0.39 is 17.2 Å². The van der Waals surface area contributed by atoms with Crippen LogP contribution in [0.3, 0.4) is 0 Å². The Hall–Kier alpha value is -1.29. The van der Waals surface area contributed by atoms with Crippen LogP contribution in [0.15, 0.2) is 18.2 Å². The van der Waals surface area contributed by atoms with Gasteiger partial charge in [0.05, 0.1) is 0 Å². The van der Waals surface area contributed by atoms with Gasteiger partial charge in [0.25, 0.3) is 0 Å². The molecule has 0 saturated carbocycles. The van der Waals surface area contributed by atoms with Gasteiger partial charge in [-0.05, 0) is 32.0 Å². The van der Waals surface area contributed by atoms with Gasteiger partial charge in [0.1, 0.15) is 0 Å². The minimum absolute atomic E-state index is 0.0953. The van der Waals surface area contributed by atoms with Gasteiger partial charge >= 0.3 is 0 Å². The first kappa shape index (κ1) is 11.8. The molecule has 0 aliphatic heterocycles. The number of carbonyl (C=O) groups excluding carboxylic acids is 1. The third-order valence-electron chi connectivity index (χ3n) is 1.86. The molecule has 0 aliphatic carbocycles. The Balaban J connectivity index is 2.88. The maximum absolute atomic E-state index is 12.8. The molecule has 82 valence electrons. The monoisotopic (exact) mass is 213 g/mol. The number of halogens is 2. The summed E-state index contributed by atoms with van der Waals surface area (Å²) in [5.41, 5.74) is 5.15. The number of nitrogens with two attached hydrogens (primary N) is 1. The summed E-state index contributed by atoms with van der Waals surface area (Å²) in [6.45, 7) is 3.40. The molecule has 1 aromatic carbocycles. The van der Waals surface area contributed by atoms with Crippen molar-refractivity contribution in [2.75, 3.05) is 0 Å². The van der Waals surface area contributed by atoms with Crippen LogP contribution in [0.2, 0.25) is 0 Å². The molecule has 4 heteroatoms. The zero-order valence-electron chi connectivity index (χ0n) is 8.68. The molecular weight excluding hydrogens is 200 g/mol. The van der Waals surface area contributed by atoms with Crippen molar-refractivity contribution >= 4 is 5.78 Å². The third kappa shape index (κ3) is 3.40. The summed E-state index contributed by atoms with van der Waals surface area (Å²) >= 11 is 0. The van der Waals surface area contributed by atoms with Crippen LogP contribution in [0.5, 0.6) is 0 Å². The molecule has 0 amide bonds. The average molecular weight is 213 g/mol. The highest BCUT2D eigenvalue weighted by Crippen LogP contribution is 2.14. The van der Waals surface area contributed by atoms with Crippen LogP contribution >= 0.6 is 0 Å². The number of hydrogen-bond acceptors (Lipinski definition) is 2. The van der Waals surface area contributed by atoms with Gasteiger partial charge in [0.2, 0.25) is 0 Å². The van der Waals surface area contributed by atoms with Gasteiger partial charge in [-0.25, -0.2) is 8.78 Å². The van der Waals surface area contributed by atoms with Crippen LogP contribution in [0.4, 0.5) is 8.78 Å². The van der Waals surface area contributed by atoms with Crippen LogP contribution < -0.4 is 5.73 Å². The summed E-state index contributed by atoms with van der Waals surface area (Å²) < 4.78 is 25.4. The Morgan fingerprint density at radius 3 is 2.40 bits per heavy atom. The molecule has 0 aromatic heterocycles. The fraction of sp³-hybridized carbons (Fsp3) is 0.364. The molecule has 0 bridgehead atoms. The molecular formula is C11H13F2NO. The van der Waals surface area contributed by atoms with E-state index in [2.05, 4.69) is 0 Å². The second-order valence-electron chi connectivity index (χ2n) is 4.22. The first-order valence-corrected chi connectivity index (χ1v) is 4.57. The van der Waals surface area contributed by atoms with E-state index in [1.165, 1.54) is 6.07 Å². The Labute approximate surface area is 87.1 Å². The summed E-state index contributed by atoms with van der Waals surface area (Å²) in [6, 6.07) is 3.09. The van der Waals surface area contributed by atoms with Crippen molar-refractivity contribution in [1.29, 1.82) is 0 Å². The first-order chi connectivity index (χ1) is 6.79. The topological polar surface area (TPSA) is 43.1 Å². The molecule has 0 saturated heterocycles. The maximum atomic E-state index is 12.8. The van der Waals surface area contributed by atoms with E-state index in [1.54, 1.807) is 13.8 Å².